The fourth-order valence-electron chi connectivity index (χ4n) is 3.12. The predicted octanol–water partition coefficient (Wildman–Crippen LogP) is 6.22. The zero-order valence-electron chi connectivity index (χ0n) is 16.3. The normalized spacial score (nSPS) is 12.7. The van der Waals surface area contributed by atoms with E-state index in [0.717, 1.165) is 12.8 Å². The maximum atomic E-state index is 9.92. The van der Waals surface area contributed by atoms with Crippen molar-refractivity contribution < 1.29 is 5.11 Å². The second-order valence-electron chi connectivity index (χ2n) is 7.22. The molecule has 0 aliphatic heterocycles. The zero-order valence-corrected chi connectivity index (χ0v) is 16.3. The van der Waals surface area contributed by atoms with Crippen LogP contribution in [-0.4, -0.2) is 24.3 Å². The number of rotatable bonds is 19. The number of hydrogen-bond donors (Lipinski definition) is 2. The van der Waals surface area contributed by atoms with Crippen molar-refractivity contribution in [1.82, 2.24) is 5.32 Å². The molecule has 0 spiro atoms. The third kappa shape index (κ3) is 19.9. The van der Waals surface area contributed by atoms with Crippen LogP contribution in [0.15, 0.2) is 0 Å². The van der Waals surface area contributed by atoms with Crippen molar-refractivity contribution in [3.05, 3.63) is 0 Å². The number of aliphatic hydroxyl groups excluding tert-OH is 1. The molecular weight excluding hydrogens is 282 g/mol. The van der Waals surface area contributed by atoms with E-state index in [1.54, 1.807) is 0 Å². The molecule has 0 saturated carbocycles. The Balaban J connectivity index is 3.07. The van der Waals surface area contributed by atoms with Crippen molar-refractivity contribution >= 4 is 0 Å². The van der Waals surface area contributed by atoms with E-state index in [-0.39, 0.29) is 6.10 Å². The van der Waals surface area contributed by atoms with Crippen molar-refractivity contribution in [2.75, 3.05) is 13.1 Å². The van der Waals surface area contributed by atoms with Crippen LogP contribution in [0.4, 0.5) is 0 Å². The molecule has 0 aliphatic carbocycles. The summed E-state index contributed by atoms with van der Waals surface area (Å²) in [5, 5.41) is 13.4. The average Bonchev–Trinajstić information content (AvgIpc) is 2.56. The molecule has 0 amide bonds. The van der Waals surface area contributed by atoms with Crippen LogP contribution in [0.25, 0.3) is 0 Å². The van der Waals surface area contributed by atoms with Gasteiger partial charge in [-0.1, -0.05) is 90.9 Å². The molecule has 0 saturated heterocycles. The lowest BCUT2D eigenvalue weighted by Gasteiger charge is -2.10. The molecule has 2 heteroatoms. The zero-order chi connectivity index (χ0) is 17.0. The summed E-state index contributed by atoms with van der Waals surface area (Å²) in [4.78, 5) is 0. The Morgan fingerprint density at radius 2 is 1.04 bits per heavy atom. The molecule has 0 heterocycles. The number of hydrogen-bond acceptors (Lipinski definition) is 2. The number of unbranched alkanes of at least 4 members (excludes halogenated alkanes) is 11. The van der Waals surface area contributed by atoms with Crippen LogP contribution in [0.5, 0.6) is 0 Å². The molecule has 2 N–H and O–H groups in total. The minimum atomic E-state index is -0.0341. The Bertz CT molecular complexity index is 208. The first-order chi connectivity index (χ1) is 11.3. The number of nitrogens with one attached hydrogen (secondary N) is 1. The van der Waals surface area contributed by atoms with Gasteiger partial charge < -0.3 is 10.4 Å². The molecule has 140 valence electrons. The Morgan fingerprint density at radius 1 is 0.565 bits per heavy atom. The van der Waals surface area contributed by atoms with E-state index < -0.39 is 0 Å². The van der Waals surface area contributed by atoms with Crippen molar-refractivity contribution in [3.63, 3.8) is 0 Å². The quantitative estimate of drug-likeness (QED) is 0.276. The van der Waals surface area contributed by atoms with Gasteiger partial charge in [0.25, 0.3) is 0 Å². The Labute approximate surface area is 146 Å². The van der Waals surface area contributed by atoms with E-state index in [1.165, 1.54) is 103 Å². The van der Waals surface area contributed by atoms with E-state index in [0.29, 0.717) is 0 Å². The van der Waals surface area contributed by atoms with Crippen molar-refractivity contribution in [1.29, 1.82) is 0 Å². The number of aliphatic hydroxyl groups is 1. The molecule has 2 nitrogen and oxygen atoms in total. The standard InChI is InChI=1S/C21H45NO/c1-3-5-6-14-17-21(23)18-15-12-10-8-7-9-11-13-16-20-22-19-4-2/h21-23H,3-20H2,1-2H3. The van der Waals surface area contributed by atoms with Crippen LogP contribution < -0.4 is 5.32 Å². The van der Waals surface area contributed by atoms with E-state index in [2.05, 4.69) is 19.2 Å². The van der Waals surface area contributed by atoms with Gasteiger partial charge in [-0.05, 0) is 38.8 Å². The maximum absolute atomic E-state index is 9.92. The van der Waals surface area contributed by atoms with E-state index in [4.69, 9.17) is 0 Å². The van der Waals surface area contributed by atoms with Crippen LogP contribution in [0, 0.1) is 0 Å². The van der Waals surface area contributed by atoms with Crippen molar-refractivity contribution in [2.24, 2.45) is 0 Å². The van der Waals surface area contributed by atoms with Gasteiger partial charge in [0.1, 0.15) is 0 Å². The van der Waals surface area contributed by atoms with E-state index in [9.17, 15) is 5.11 Å². The van der Waals surface area contributed by atoms with Crippen LogP contribution in [0.1, 0.15) is 117 Å². The van der Waals surface area contributed by atoms with Gasteiger partial charge in [-0.15, -0.1) is 0 Å². The van der Waals surface area contributed by atoms with Gasteiger partial charge in [0.15, 0.2) is 0 Å². The fourth-order valence-corrected chi connectivity index (χ4v) is 3.12. The van der Waals surface area contributed by atoms with E-state index >= 15 is 0 Å². The third-order valence-electron chi connectivity index (χ3n) is 4.71. The highest BCUT2D eigenvalue weighted by molar-refractivity contribution is 4.57. The highest BCUT2D eigenvalue weighted by Gasteiger charge is 2.03. The molecule has 0 aromatic carbocycles. The first-order valence-corrected chi connectivity index (χ1v) is 10.7. The second kappa shape index (κ2) is 20.0. The van der Waals surface area contributed by atoms with Gasteiger partial charge in [-0.3, -0.25) is 0 Å². The molecule has 0 aromatic rings. The largest absolute Gasteiger partial charge is 0.393 e. The molecular formula is C21H45NO. The second-order valence-corrected chi connectivity index (χ2v) is 7.22. The molecule has 0 rings (SSSR count). The molecule has 0 radical (unpaired) electrons. The molecule has 0 fully saturated rings. The van der Waals surface area contributed by atoms with Crippen molar-refractivity contribution in [2.45, 2.75) is 123 Å². The fraction of sp³-hybridized carbons (Fsp3) is 1.00. The first-order valence-electron chi connectivity index (χ1n) is 10.7. The lowest BCUT2D eigenvalue weighted by molar-refractivity contribution is 0.147. The van der Waals surface area contributed by atoms with Crippen LogP contribution in [-0.2, 0) is 0 Å². The van der Waals surface area contributed by atoms with Gasteiger partial charge in [0, 0.05) is 0 Å². The monoisotopic (exact) mass is 327 g/mol. The van der Waals surface area contributed by atoms with Gasteiger partial charge in [0.05, 0.1) is 6.10 Å². The summed E-state index contributed by atoms with van der Waals surface area (Å²) < 4.78 is 0. The minimum absolute atomic E-state index is 0.0341. The van der Waals surface area contributed by atoms with Gasteiger partial charge in [0.2, 0.25) is 0 Å². The van der Waals surface area contributed by atoms with Crippen molar-refractivity contribution in [3.8, 4) is 0 Å². The summed E-state index contributed by atoms with van der Waals surface area (Å²) >= 11 is 0. The van der Waals surface area contributed by atoms with Crippen LogP contribution in [0.2, 0.25) is 0 Å². The first kappa shape index (κ1) is 22.9. The smallest absolute Gasteiger partial charge is 0.0540 e. The minimum Gasteiger partial charge on any atom is -0.393 e. The maximum Gasteiger partial charge on any atom is 0.0540 e. The third-order valence-corrected chi connectivity index (χ3v) is 4.71. The van der Waals surface area contributed by atoms with Crippen LogP contribution >= 0.6 is 0 Å². The molecule has 1 unspecified atom stereocenters. The summed E-state index contributed by atoms with van der Waals surface area (Å²) in [6.07, 6.45) is 20.6. The SMILES string of the molecule is CCCCCCC(O)CCCCCCCCCCCNCCC. The molecule has 0 aliphatic rings. The molecule has 0 aromatic heterocycles. The highest BCUT2D eigenvalue weighted by atomic mass is 16.3. The Kier molecular flexibility index (Phi) is 19.9. The van der Waals surface area contributed by atoms with E-state index in [1.807, 2.05) is 0 Å². The highest BCUT2D eigenvalue weighted by Crippen LogP contribution is 2.14. The Hall–Kier alpha value is -0.0800. The predicted molar refractivity (Wildman–Crippen MR) is 104 cm³/mol. The van der Waals surface area contributed by atoms with Gasteiger partial charge in [-0.25, -0.2) is 0 Å². The molecule has 0 bridgehead atoms. The average molecular weight is 328 g/mol. The summed E-state index contributed by atoms with van der Waals surface area (Å²) in [7, 11) is 0. The lowest BCUT2D eigenvalue weighted by Crippen LogP contribution is -2.15. The van der Waals surface area contributed by atoms with Crippen LogP contribution in [0.3, 0.4) is 0 Å². The van der Waals surface area contributed by atoms with Gasteiger partial charge in [-0.2, -0.15) is 0 Å². The topological polar surface area (TPSA) is 32.3 Å². The summed E-state index contributed by atoms with van der Waals surface area (Å²) in [5.41, 5.74) is 0. The molecule has 1 atom stereocenters. The summed E-state index contributed by atoms with van der Waals surface area (Å²) in [5.74, 6) is 0. The summed E-state index contributed by atoms with van der Waals surface area (Å²) in [6, 6.07) is 0. The summed E-state index contributed by atoms with van der Waals surface area (Å²) in [6.45, 7) is 6.84. The lowest BCUT2D eigenvalue weighted by atomic mass is 10.0. The molecule has 23 heavy (non-hydrogen) atoms. The van der Waals surface area contributed by atoms with Gasteiger partial charge >= 0.3 is 0 Å². The Morgan fingerprint density at radius 3 is 1.57 bits per heavy atom.